The van der Waals surface area contributed by atoms with Crippen LogP contribution in [0.5, 0.6) is 5.75 Å². The van der Waals surface area contributed by atoms with Crippen molar-refractivity contribution >= 4 is 23.1 Å². The third kappa shape index (κ3) is 4.66. The Labute approximate surface area is 154 Å². The Morgan fingerprint density at radius 3 is 2.37 bits per heavy atom. The van der Waals surface area contributed by atoms with Gasteiger partial charge in [0.25, 0.3) is 0 Å². The second-order valence-electron chi connectivity index (χ2n) is 5.49. The predicted molar refractivity (Wildman–Crippen MR) is 97.7 cm³/mol. The van der Waals surface area contributed by atoms with Gasteiger partial charge in [-0.1, -0.05) is 24.3 Å². The Bertz CT molecular complexity index is 915. The summed E-state index contributed by atoms with van der Waals surface area (Å²) in [6.45, 7) is 2.38. The molecular formula is C19H17F3N4O. The highest BCUT2D eigenvalue weighted by atomic mass is 19.4. The molecule has 0 aliphatic carbocycles. The summed E-state index contributed by atoms with van der Waals surface area (Å²) in [5.74, 6) is 1.12. The van der Waals surface area contributed by atoms with E-state index in [9.17, 15) is 13.2 Å². The standard InChI is InChI=1S/C19H17F3N4O/c1-2-27-16-10-6-5-9-15(16)24-17-11-12-23-18(26-17)25-14-8-4-3-7-13(14)19(20,21)22/h3-12H,2H2,1H3,(H2,23,24,25,26). The van der Waals surface area contributed by atoms with Gasteiger partial charge in [-0.3, -0.25) is 0 Å². The number of hydrogen-bond acceptors (Lipinski definition) is 5. The largest absolute Gasteiger partial charge is 0.492 e. The highest BCUT2D eigenvalue weighted by Crippen LogP contribution is 2.35. The molecule has 3 aromatic rings. The number of benzene rings is 2. The van der Waals surface area contributed by atoms with Crippen molar-refractivity contribution in [2.24, 2.45) is 0 Å². The van der Waals surface area contributed by atoms with E-state index < -0.39 is 11.7 Å². The fraction of sp³-hybridized carbons (Fsp3) is 0.158. The van der Waals surface area contributed by atoms with Crippen LogP contribution in [-0.4, -0.2) is 16.6 Å². The Hall–Kier alpha value is -3.29. The van der Waals surface area contributed by atoms with E-state index in [0.29, 0.717) is 23.9 Å². The van der Waals surface area contributed by atoms with Crippen molar-refractivity contribution in [2.75, 3.05) is 17.2 Å². The SMILES string of the molecule is CCOc1ccccc1Nc1ccnc(Nc2ccccc2C(F)(F)F)n1. The van der Waals surface area contributed by atoms with Gasteiger partial charge in [-0.15, -0.1) is 0 Å². The summed E-state index contributed by atoms with van der Waals surface area (Å²) in [4.78, 5) is 8.23. The molecule has 0 saturated carbocycles. The second kappa shape index (κ2) is 7.94. The van der Waals surface area contributed by atoms with Crippen molar-refractivity contribution in [3.63, 3.8) is 0 Å². The van der Waals surface area contributed by atoms with Crippen molar-refractivity contribution in [3.05, 3.63) is 66.4 Å². The number of aromatic nitrogens is 2. The minimum atomic E-state index is -4.48. The Morgan fingerprint density at radius 2 is 1.63 bits per heavy atom. The molecule has 0 radical (unpaired) electrons. The Kier molecular flexibility index (Phi) is 5.44. The molecule has 1 heterocycles. The van der Waals surface area contributed by atoms with E-state index >= 15 is 0 Å². The topological polar surface area (TPSA) is 59.1 Å². The van der Waals surface area contributed by atoms with Gasteiger partial charge in [0.1, 0.15) is 11.6 Å². The lowest BCUT2D eigenvalue weighted by Gasteiger charge is -2.14. The van der Waals surface area contributed by atoms with Crippen LogP contribution in [0.4, 0.5) is 36.3 Å². The van der Waals surface area contributed by atoms with E-state index in [1.54, 1.807) is 6.07 Å². The van der Waals surface area contributed by atoms with Crippen LogP contribution in [0.25, 0.3) is 0 Å². The molecule has 140 valence electrons. The number of alkyl halides is 3. The van der Waals surface area contributed by atoms with Gasteiger partial charge >= 0.3 is 6.18 Å². The summed E-state index contributed by atoms with van der Waals surface area (Å²) >= 11 is 0. The van der Waals surface area contributed by atoms with E-state index in [4.69, 9.17) is 4.74 Å². The lowest BCUT2D eigenvalue weighted by Crippen LogP contribution is -2.09. The first-order valence-electron chi connectivity index (χ1n) is 8.22. The minimum Gasteiger partial charge on any atom is -0.492 e. The average Bonchev–Trinajstić information content (AvgIpc) is 2.63. The van der Waals surface area contributed by atoms with Crippen molar-refractivity contribution in [3.8, 4) is 5.75 Å². The van der Waals surface area contributed by atoms with Crippen LogP contribution in [0.2, 0.25) is 0 Å². The maximum absolute atomic E-state index is 13.1. The Balaban J connectivity index is 1.84. The average molecular weight is 374 g/mol. The van der Waals surface area contributed by atoms with Crippen LogP contribution >= 0.6 is 0 Å². The molecule has 0 spiro atoms. The molecule has 3 rings (SSSR count). The highest BCUT2D eigenvalue weighted by Gasteiger charge is 2.33. The summed E-state index contributed by atoms with van der Waals surface area (Å²) in [5, 5.41) is 5.72. The number of halogens is 3. The zero-order chi connectivity index (χ0) is 19.3. The first-order valence-corrected chi connectivity index (χ1v) is 8.22. The lowest BCUT2D eigenvalue weighted by molar-refractivity contribution is -0.136. The maximum Gasteiger partial charge on any atom is 0.418 e. The van der Waals surface area contributed by atoms with Crippen molar-refractivity contribution in [1.82, 2.24) is 9.97 Å². The van der Waals surface area contributed by atoms with Crippen LogP contribution in [0, 0.1) is 0 Å². The third-order valence-electron chi connectivity index (χ3n) is 3.58. The molecule has 0 aliphatic rings. The van der Waals surface area contributed by atoms with Gasteiger partial charge in [0.15, 0.2) is 0 Å². The molecule has 8 heteroatoms. The third-order valence-corrected chi connectivity index (χ3v) is 3.58. The quantitative estimate of drug-likeness (QED) is 0.606. The summed E-state index contributed by atoms with van der Waals surface area (Å²) < 4.78 is 44.9. The number of nitrogens with one attached hydrogen (secondary N) is 2. The van der Waals surface area contributed by atoms with Crippen LogP contribution < -0.4 is 15.4 Å². The van der Waals surface area contributed by atoms with E-state index in [-0.39, 0.29) is 11.6 Å². The molecule has 0 aliphatic heterocycles. The smallest absolute Gasteiger partial charge is 0.418 e. The summed E-state index contributed by atoms with van der Waals surface area (Å²) in [5.41, 5.74) is -0.204. The molecule has 1 aromatic heterocycles. The fourth-order valence-electron chi connectivity index (χ4n) is 2.44. The lowest BCUT2D eigenvalue weighted by atomic mass is 10.1. The van der Waals surface area contributed by atoms with Crippen LogP contribution in [0.3, 0.4) is 0 Å². The van der Waals surface area contributed by atoms with E-state index in [0.717, 1.165) is 6.07 Å². The molecule has 0 atom stereocenters. The molecule has 5 nitrogen and oxygen atoms in total. The van der Waals surface area contributed by atoms with E-state index in [1.807, 2.05) is 31.2 Å². The van der Waals surface area contributed by atoms with Crippen molar-refractivity contribution < 1.29 is 17.9 Å². The summed E-state index contributed by atoms with van der Waals surface area (Å²) in [6.07, 6.45) is -3.02. The molecule has 0 bridgehead atoms. The minimum absolute atomic E-state index is 0.0468. The Morgan fingerprint density at radius 1 is 0.926 bits per heavy atom. The molecule has 0 fully saturated rings. The fourth-order valence-corrected chi connectivity index (χ4v) is 2.44. The zero-order valence-corrected chi connectivity index (χ0v) is 14.4. The second-order valence-corrected chi connectivity index (χ2v) is 5.49. The van der Waals surface area contributed by atoms with E-state index in [1.165, 1.54) is 24.4 Å². The van der Waals surface area contributed by atoms with Crippen LogP contribution in [0.15, 0.2) is 60.8 Å². The molecular weight excluding hydrogens is 357 g/mol. The van der Waals surface area contributed by atoms with Gasteiger partial charge in [0.2, 0.25) is 5.95 Å². The summed E-state index contributed by atoms with van der Waals surface area (Å²) in [6, 6.07) is 14.1. The van der Waals surface area contributed by atoms with Gasteiger partial charge in [-0.2, -0.15) is 18.2 Å². The summed E-state index contributed by atoms with van der Waals surface area (Å²) in [7, 11) is 0. The van der Waals surface area contributed by atoms with Gasteiger partial charge in [0, 0.05) is 6.20 Å². The van der Waals surface area contributed by atoms with Crippen molar-refractivity contribution in [1.29, 1.82) is 0 Å². The van der Waals surface area contributed by atoms with Crippen molar-refractivity contribution in [2.45, 2.75) is 13.1 Å². The predicted octanol–water partition coefficient (Wildman–Crippen LogP) is 5.38. The first-order chi connectivity index (χ1) is 13.0. The number of hydrogen-bond donors (Lipinski definition) is 2. The number of ether oxygens (including phenoxy) is 1. The number of rotatable bonds is 6. The van der Waals surface area contributed by atoms with Gasteiger partial charge in [-0.05, 0) is 37.3 Å². The van der Waals surface area contributed by atoms with Gasteiger partial charge in [-0.25, -0.2) is 4.98 Å². The molecule has 27 heavy (non-hydrogen) atoms. The normalized spacial score (nSPS) is 11.1. The monoisotopic (exact) mass is 374 g/mol. The number of nitrogens with zero attached hydrogens (tertiary/aromatic N) is 2. The van der Waals surface area contributed by atoms with Gasteiger partial charge < -0.3 is 15.4 Å². The first kappa shape index (κ1) is 18.5. The molecule has 0 unspecified atom stereocenters. The molecule has 2 aromatic carbocycles. The van der Waals surface area contributed by atoms with Crippen LogP contribution in [-0.2, 0) is 6.18 Å². The maximum atomic E-state index is 13.1. The molecule has 0 saturated heterocycles. The molecule has 2 N–H and O–H groups in total. The zero-order valence-electron chi connectivity index (χ0n) is 14.4. The number of anilines is 4. The highest BCUT2D eigenvalue weighted by molar-refractivity contribution is 5.65. The van der Waals surface area contributed by atoms with Crippen LogP contribution in [0.1, 0.15) is 12.5 Å². The van der Waals surface area contributed by atoms with E-state index in [2.05, 4.69) is 20.6 Å². The number of para-hydroxylation sites is 3. The van der Waals surface area contributed by atoms with Gasteiger partial charge in [0.05, 0.1) is 23.5 Å². The molecule has 0 amide bonds.